The lowest BCUT2D eigenvalue weighted by atomic mass is 10.1. The Balaban J connectivity index is 2.26. The van der Waals surface area contributed by atoms with Crippen LogP contribution in [0, 0.1) is 0 Å². The van der Waals surface area contributed by atoms with Crippen LogP contribution < -0.4 is 5.32 Å². The van der Waals surface area contributed by atoms with Gasteiger partial charge in [0.2, 0.25) is 0 Å². The van der Waals surface area contributed by atoms with E-state index >= 15 is 0 Å². The highest BCUT2D eigenvalue weighted by molar-refractivity contribution is 9.12. The number of rotatable bonds is 3. The van der Waals surface area contributed by atoms with Gasteiger partial charge in [-0.05, 0) is 56.1 Å². The summed E-state index contributed by atoms with van der Waals surface area (Å²) in [7, 11) is 0. The van der Waals surface area contributed by atoms with Crippen LogP contribution in [0.25, 0.3) is 0 Å². The normalized spacial score (nSPS) is 10.3. The molecule has 3 N–H and O–H groups in total. The minimum absolute atomic E-state index is 0.270. The average molecular weight is 421 g/mol. The van der Waals surface area contributed by atoms with E-state index in [4.69, 9.17) is 5.11 Å². The van der Waals surface area contributed by atoms with Gasteiger partial charge in [-0.15, -0.1) is 11.3 Å². The summed E-state index contributed by atoms with van der Waals surface area (Å²) >= 11 is 7.91. The second-order valence-electron chi connectivity index (χ2n) is 3.73. The van der Waals surface area contributed by atoms with Crippen molar-refractivity contribution in [3.8, 4) is 5.75 Å². The van der Waals surface area contributed by atoms with E-state index in [0.717, 1.165) is 3.79 Å². The summed E-state index contributed by atoms with van der Waals surface area (Å²) < 4.78 is 1.46. The average Bonchev–Trinajstić information content (AvgIpc) is 2.70. The van der Waals surface area contributed by atoms with E-state index in [2.05, 4.69) is 37.2 Å². The van der Waals surface area contributed by atoms with Crippen LogP contribution in [0.1, 0.15) is 20.7 Å². The highest BCUT2D eigenvalue weighted by Gasteiger charge is 2.16. The number of carboxylic acid groups (broad SMARTS) is 1. The molecule has 0 aliphatic heterocycles. The molecule has 1 heterocycles. The number of nitrogens with one attached hydrogen (secondary N) is 1. The van der Waals surface area contributed by atoms with Crippen molar-refractivity contribution in [2.24, 2.45) is 0 Å². The summed E-state index contributed by atoms with van der Waals surface area (Å²) in [5.41, 5.74) is 0.458. The molecule has 0 aliphatic rings. The summed E-state index contributed by atoms with van der Waals surface area (Å²) in [6, 6.07) is 5.50. The smallest absolute Gasteiger partial charge is 0.339 e. The molecule has 0 atom stereocenters. The van der Waals surface area contributed by atoms with Crippen molar-refractivity contribution in [2.75, 3.05) is 5.32 Å². The number of carbonyl (C=O) groups is 2. The first kappa shape index (κ1) is 15.0. The van der Waals surface area contributed by atoms with E-state index in [-0.39, 0.29) is 17.2 Å². The number of amides is 1. The zero-order valence-corrected chi connectivity index (χ0v) is 13.7. The number of anilines is 1. The zero-order chi connectivity index (χ0) is 14.9. The number of carboxylic acids is 1. The minimum Gasteiger partial charge on any atom is -0.507 e. The van der Waals surface area contributed by atoms with Crippen LogP contribution >= 0.6 is 43.2 Å². The summed E-state index contributed by atoms with van der Waals surface area (Å²) in [6.45, 7) is 0. The molecule has 0 radical (unpaired) electrons. The molecule has 1 amide bonds. The molecular formula is C12H7Br2NO4S. The Bertz CT molecular complexity index is 699. The molecule has 20 heavy (non-hydrogen) atoms. The van der Waals surface area contributed by atoms with Gasteiger partial charge in [0, 0.05) is 5.69 Å². The molecule has 104 valence electrons. The van der Waals surface area contributed by atoms with Gasteiger partial charge in [-0.2, -0.15) is 0 Å². The monoisotopic (exact) mass is 419 g/mol. The van der Waals surface area contributed by atoms with Crippen molar-refractivity contribution >= 4 is 60.8 Å². The molecule has 0 spiro atoms. The molecule has 0 aliphatic carbocycles. The minimum atomic E-state index is -1.27. The Hall–Kier alpha value is -1.38. The Morgan fingerprint density at radius 1 is 1.15 bits per heavy atom. The van der Waals surface area contributed by atoms with Gasteiger partial charge < -0.3 is 15.5 Å². The molecule has 5 nitrogen and oxygen atoms in total. The largest absolute Gasteiger partial charge is 0.507 e. The van der Waals surface area contributed by atoms with E-state index in [1.54, 1.807) is 6.07 Å². The quantitative estimate of drug-likeness (QED) is 0.656. The first-order valence-corrected chi connectivity index (χ1v) is 7.61. The number of thiophene rings is 1. The lowest BCUT2D eigenvalue weighted by Gasteiger charge is -2.06. The zero-order valence-electron chi connectivity index (χ0n) is 9.68. The molecule has 0 bridgehead atoms. The molecule has 0 fully saturated rings. The van der Waals surface area contributed by atoms with Crippen LogP contribution in [0.3, 0.4) is 0 Å². The fourth-order valence-electron chi connectivity index (χ4n) is 1.48. The van der Waals surface area contributed by atoms with Crippen LogP contribution in [-0.4, -0.2) is 22.1 Å². The van der Waals surface area contributed by atoms with Crippen molar-refractivity contribution in [3.05, 3.63) is 43.0 Å². The van der Waals surface area contributed by atoms with Crippen molar-refractivity contribution in [1.82, 2.24) is 0 Å². The van der Waals surface area contributed by atoms with Crippen LogP contribution in [0.2, 0.25) is 0 Å². The molecule has 2 rings (SSSR count). The number of hydrogen-bond donors (Lipinski definition) is 3. The maximum atomic E-state index is 12.0. The summed E-state index contributed by atoms with van der Waals surface area (Å²) in [5.74, 6) is -1.99. The Morgan fingerprint density at radius 3 is 2.40 bits per heavy atom. The van der Waals surface area contributed by atoms with Gasteiger partial charge in [0.05, 0.1) is 13.1 Å². The standard InChI is InChI=1S/C12H7Br2NO4S/c13-9-4-7(10(14)20-9)11(17)15-5-1-2-8(16)6(3-5)12(18)19/h1-4,16H,(H,15,17)(H,18,19). The maximum absolute atomic E-state index is 12.0. The van der Waals surface area contributed by atoms with Crippen LogP contribution in [0.4, 0.5) is 5.69 Å². The number of aromatic hydroxyl groups is 1. The van der Waals surface area contributed by atoms with Crippen LogP contribution in [0.5, 0.6) is 5.75 Å². The highest BCUT2D eigenvalue weighted by atomic mass is 79.9. The first-order chi connectivity index (χ1) is 9.38. The molecule has 8 heteroatoms. The number of carbonyl (C=O) groups excluding carboxylic acids is 1. The third-order valence-corrected chi connectivity index (χ3v) is 4.73. The third kappa shape index (κ3) is 3.20. The van der Waals surface area contributed by atoms with Gasteiger partial charge in [-0.25, -0.2) is 4.79 Å². The molecule has 2 aromatic rings. The van der Waals surface area contributed by atoms with E-state index in [9.17, 15) is 14.7 Å². The van der Waals surface area contributed by atoms with Crippen molar-refractivity contribution in [1.29, 1.82) is 0 Å². The second kappa shape index (κ2) is 5.94. The topological polar surface area (TPSA) is 86.6 Å². The third-order valence-electron chi connectivity index (χ3n) is 2.39. The number of aromatic carboxylic acids is 1. The maximum Gasteiger partial charge on any atom is 0.339 e. The van der Waals surface area contributed by atoms with E-state index < -0.39 is 5.97 Å². The predicted molar refractivity (Wildman–Crippen MR) is 82.7 cm³/mol. The summed E-state index contributed by atoms with van der Waals surface area (Å²) in [4.78, 5) is 23.0. The Morgan fingerprint density at radius 2 is 1.85 bits per heavy atom. The molecule has 0 saturated heterocycles. The predicted octanol–water partition coefficient (Wildman–Crippen LogP) is 3.93. The van der Waals surface area contributed by atoms with Gasteiger partial charge in [-0.1, -0.05) is 0 Å². The van der Waals surface area contributed by atoms with Crippen molar-refractivity contribution in [2.45, 2.75) is 0 Å². The molecular weight excluding hydrogens is 414 g/mol. The Kier molecular flexibility index (Phi) is 4.46. The molecule has 1 aromatic heterocycles. The van der Waals surface area contributed by atoms with Crippen molar-refractivity contribution < 1.29 is 19.8 Å². The first-order valence-electron chi connectivity index (χ1n) is 5.21. The number of halogens is 2. The highest BCUT2D eigenvalue weighted by Crippen LogP contribution is 2.32. The van der Waals surface area contributed by atoms with E-state index in [1.165, 1.54) is 29.5 Å². The van der Waals surface area contributed by atoms with Crippen molar-refractivity contribution in [3.63, 3.8) is 0 Å². The molecule has 0 unspecified atom stereocenters. The lowest BCUT2D eigenvalue weighted by Crippen LogP contribution is -2.12. The lowest BCUT2D eigenvalue weighted by molar-refractivity contribution is 0.0693. The SMILES string of the molecule is O=C(O)c1cc(NC(=O)c2cc(Br)sc2Br)ccc1O. The number of benzene rings is 1. The number of phenols is 1. The van der Waals surface area contributed by atoms with Gasteiger partial charge in [0.15, 0.2) is 0 Å². The summed E-state index contributed by atoms with van der Waals surface area (Å²) in [5, 5.41) is 20.9. The van der Waals surface area contributed by atoms with Gasteiger partial charge >= 0.3 is 5.97 Å². The number of hydrogen-bond acceptors (Lipinski definition) is 4. The van der Waals surface area contributed by atoms with Gasteiger partial charge in [0.25, 0.3) is 5.91 Å². The van der Waals surface area contributed by atoms with E-state index in [1.807, 2.05) is 0 Å². The van der Waals surface area contributed by atoms with Gasteiger partial charge in [-0.3, -0.25) is 4.79 Å². The second-order valence-corrected chi connectivity index (χ2v) is 7.48. The van der Waals surface area contributed by atoms with E-state index in [0.29, 0.717) is 15.0 Å². The fraction of sp³-hybridized carbons (Fsp3) is 0. The van der Waals surface area contributed by atoms with Gasteiger partial charge in [0.1, 0.15) is 11.3 Å². The van der Waals surface area contributed by atoms with Crippen LogP contribution in [0.15, 0.2) is 31.8 Å². The summed E-state index contributed by atoms with van der Waals surface area (Å²) in [6.07, 6.45) is 0. The molecule has 1 aromatic carbocycles. The molecule has 0 saturated carbocycles. The fourth-order valence-corrected chi connectivity index (χ4v) is 4.27. The van der Waals surface area contributed by atoms with Crippen LogP contribution in [-0.2, 0) is 0 Å². The Labute approximate surface area is 134 Å².